The molecule has 1 atom stereocenters. The molecular weight excluding hydrogens is 354 g/mol. The Kier molecular flexibility index (Phi) is 4.04. The zero-order valence-electron chi connectivity index (χ0n) is 15.4. The van der Waals surface area contributed by atoms with E-state index < -0.39 is 11.8 Å². The summed E-state index contributed by atoms with van der Waals surface area (Å²) >= 11 is 0. The Hall–Kier alpha value is -3.28. The minimum absolute atomic E-state index is 0.163. The summed E-state index contributed by atoms with van der Waals surface area (Å²) in [4.78, 5) is 13.1. The van der Waals surface area contributed by atoms with Crippen molar-refractivity contribution in [1.29, 1.82) is 0 Å². The molecule has 1 aromatic heterocycles. The average molecular weight is 375 g/mol. The molecule has 2 aromatic carbocycles. The molecule has 1 amide bonds. The van der Waals surface area contributed by atoms with Crippen molar-refractivity contribution in [2.45, 2.75) is 37.5 Å². The van der Waals surface area contributed by atoms with Gasteiger partial charge in [-0.3, -0.25) is 9.48 Å². The van der Waals surface area contributed by atoms with E-state index in [0.29, 0.717) is 11.4 Å². The number of nitrogens with zero attached hydrogens (tertiary/aromatic N) is 2. The number of amides is 1. The fraction of sp³-hybridized carbons (Fsp3) is 0.273. The molecule has 2 heterocycles. The first kappa shape index (κ1) is 16.9. The van der Waals surface area contributed by atoms with Crippen molar-refractivity contribution in [2.75, 3.05) is 5.32 Å². The fourth-order valence-electron chi connectivity index (χ4n) is 3.99. The maximum atomic E-state index is 13.1. The summed E-state index contributed by atoms with van der Waals surface area (Å²) in [6.07, 6.45) is 7.49. The van der Waals surface area contributed by atoms with Gasteiger partial charge in [0, 0.05) is 37.0 Å². The number of benzene rings is 2. The zero-order valence-corrected chi connectivity index (χ0v) is 15.4. The molecule has 2 aliphatic rings. The number of hydrogen-bond acceptors (Lipinski definition) is 4. The van der Waals surface area contributed by atoms with Gasteiger partial charge in [-0.05, 0) is 36.6 Å². The van der Waals surface area contributed by atoms with Gasteiger partial charge < -0.3 is 14.8 Å². The monoisotopic (exact) mass is 375 g/mol. The van der Waals surface area contributed by atoms with Crippen LogP contribution in [-0.2, 0) is 4.79 Å². The van der Waals surface area contributed by atoms with Gasteiger partial charge in [0.05, 0.1) is 0 Å². The molecule has 1 aliphatic heterocycles. The van der Waals surface area contributed by atoms with Crippen molar-refractivity contribution in [3.63, 3.8) is 0 Å². The van der Waals surface area contributed by atoms with E-state index in [0.717, 1.165) is 37.0 Å². The third kappa shape index (κ3) is 3.01. The average Bonchev–Trinajstić information content (AvgIpc) is 3.44. The lowest BCUT2D eigenvalue weighted by molar-refractivity contribution is -0.118. The maximum absolute atomic E-state index is 13.1. The van der Waals surface area contributed by atoms with E-state index in [-0.39, 0.29) is 5.91 Å². The predicted molar refractivity (Wildman–Crippen MR) is 104 cm³/mol. The molecule has 1 spiro atoms. The van der Waals surface area contributed by atoms with Crippen LogP contribution in [0.25, 0.3) is 0 Å². The highest BCUT2D eigenvalue weighted by molar-refractivity contribution is 5.96. The first-order valence-corrected chi connectivity index (χ1v) is 9.60. The maximum Gasteiger partial charge on any atom is 0.253 e. The summed E-state index contributed by atoms with van der Waals surface area (Å²) in [6, 6.07) is 16.4. The van der Waals surface area contributed by atoms with Crippen LogP contribution in [0.4, 0.5) is 5.69 Å². The van der Waals surface area contributed by atoms with E-state index in [2.05, 4.69) is 10.4 Å². The molecule has 28 heavy (non-hydrogen) atoms. The van der Waals surface area contributed by atoms with Gasteiger partial charge in [-0.2, -0.15) is 5.10 Å². The van der Waals surface area contributed by atoms with Gasteiger partial charge >= 0.3 is 0 Å². The van der Waals surface area contributed by atoms with Gasteiger partial charge in [-0.15, -0.1) is 0 Å². The van der Waals surface area contributed by atoms with Crippen LogP contribution in [0.3, 0.4) is 0 Å². The van der Waals surface area contributed by atoms with Crippen molar-refractivity contribution in [2.24, 2.45) is 0 Å². The minimum atomic E-state index is -0.553. The molecule has 1 N–H and O–H groups in total. The Balaban J connectivity index is 1.39. The van der Waals surface area contributed by atoms with E-state index in [1.807, 2.05) is 54.6 Å². The Bertz CT molecular complexity index is 980. The van der Waals surface area contributed by atoms with Gasteiger partial charge in [-0.25, -0.2) is 0 Å². The van der Waals surface area contributed by atoms with Gasteiger partial charge in [0.1, 0.15) is 0 Å². The number of fused-ring (bicyclic) bond motifs is 1. The number of ether oxygens (including phenoxy) is 2. The summed E-state index contributed by atoms with van der Waals surface area (Å²) in [6.45, 7) is 0. The standard InChI is InChI=1S/C22H21N3O3/c26-21(20(25-14-6-13-23-25)16-7-2-1-3-8-16)24-17-9-10-18-19(15-17)28-22(27-18)11-4-5-12-22/h1-3,6-10,13-15,20H,4-5,11-12H2,(H,24,26). The predicted octanol–water partition coefficient (Wildman–Crippen LogP) is 4.15. The molecule has 0 radical (unpaired) electrons. The summed E-state index contributed by atoms with van der Waals surface area (Å²) < 4.78 is 13.8. The quantitative estimate of drug-likeness (QED) is 0.744. The molecule has 3 aromatic rings. The van der Waals surface area contributed by atoms with Crippen molar-refractivity contribution < 1.29 is 14.3 Å². The van der Waals surface area contributed by atoms with Gasteiger partial charge in [0.25, 0.3) is 11.7 Å². The van der Waals surface area contributed by atoms with Crippen molar-refractivity contribution >= 4 is 11.6 Å². The smallest absolute Gasteiger partial charge is 0.253 e. The summed E-state index contributed by atoms with van der Waals surface area (Å²) in [7, 11) is 0. The van der Waals surface area contributed by atoms with Gasteiger partial charge in [-0.1, -0.05) is 30.3 Å². The van der Waals surface area contributed by atoms with Gasteiger partial charge in [0.2, 0.25) is 0 Å². The normalized spacial score (nSPS) is 17.6. The summed E-state index contributed by atoms with van der Waals surface area (Å²) in [5.41, 5.74) is 1.55. The number of rotatable bonds is 4. The largest absolute Gasteiger partial charge is 0.448 e. The van der Waals surface area contributed by atoms with Crippen molar-refractivity contribution in [3.05, 3.63) is 72.6 Å². The third-order valence-corrected chi connectivity index (χ3v) is 5.32. The Morgan fingerprint density at radius 2 is 1.82 bits per heavy atom. The highest BCUT2D eigenvalue weighted by Crippen LogP contribution is 2.47. The molecule has 1 fully saturated rings. The lowest BCUT2D eigenvalue weighted by atomic mass is 10.1. The van der Waals surface area contributed by atoms with Gasteiger partial charge in [0.15, 0.2) is 17.5 Å². The van der Waals surface area contributed by atoms with Crippen LogP contribution in [0.15, 0.2) is 67.0 Å². The summed E-state index contributed by atoms with van der Waals surface area (Å²) in [5.74, 6) is 0.762. The number of hydrogen-bond donors (Lipinski definition) is 1. The minimum Gasteiger partial charge on any atom is -0.448 e. The van der Waals surface area contributed by atoms with Crippen LogP contribution in [0, 0.1) is 0 Å². The first-order chi connectivity index (χ1) is 13.7. The molecular formula is C22H21N3O3. The lowest BCUT2D eigenvalue weighted by Gasteiger charge is -2.21. The lowest BCUT2D eigenvalue weighted by Crippen LogP contribution is -2.34. The fourth-order valence-corrected chi connectivity index (χ4v) is 3.99. The van der Waals surface area contributed by atoms with Crippen LogP contribution in [0.2, 0.25) is 0 Å². The Labute approximate surface area is 163 Å². The topological polar surface area (TPSA) is 65.4 Å². The summed E-state index contributed by atoms with van der Waals surface area (Å²) in [5, 5.41) is 7.27. The number of aromatic nitrogens is 2. The molecule has 1 saturated carbocycles. The Morgan fingerprint density at radius 1 is 1.04 bits per heavy atom. The van der Waals surface area contributed by atoms with Crippen molar-refractivity contribution in [3.8, 4) is 11.5 Å². The third-order valence-electron chi connectivity index (χ3n) is 5.32. The van der Waals surface area contributed by atoms with Crippen LogP contribution in [0.5, 0.6) is 11.5 Å². The molecule has 6 heteroatoms. The molecule has 6 nitrogen and oxygen atoms in total. The number of anilines is 1. The second kappa shape index (κ2) is 6.71. The molecule has 0 saturated heterocycles. The van der Waals surface area contributed by atoms with E-state index >= 15 is 0 Å². The second-order valence-electron chi connectivity index (χ2n) is 7.27. The molecule has 1 aliphatic carbocycles. The van der Waals surface area contributed by atoms with E-state index in [9.17, 15) is 4.79 Å². The number of nitrogens with one attached hydrogen (secondary N) is 1. The molecule has 5 rings (SSSR count). The molecule has 0 bridgehead atoms. The molecule has 1 unspecified atom stereocenters. The van der Waals surface area contributed by atoms with E-state index in [1.165, 1.54) is 0 Å². The van der Waals surface area contributed by atoms with E-state index in [4.69, 9.17) is 9.47 Å². The van der Waals surface area contributed by atoms with Crippen LogP contribution >= 0.6 is 0 Å². The SMILES string of the molecule is O=C(Nc1ccc2c(c1)OC1(CCCC1)O2)C(c1ccccc1)n1cccn1. The second-order valence-corrected chi connectivity index (χ2v) is 7.27. The first-order valence-electron chi connectivity index (χ1n) is 9.60. The number of carbonyl (C=O) groups is 1. The van der Waals surface area contributed by atoms with Crippen LogP contribution in [-0.4, -0.2) is 21.5 Å². The van der Waals surface area contributed by atoms with Crippen LogP contribution in [0.1, 0.15) is 37.3 Å². The number of carbonyl (C=O) groups excluding carboxylic acids is 1. The van der Waals surface area contributed by atoms with E-state index in [1.54, 1.807) is 17.1 Å². The highest BCUT2D eigenvalue weighted by Gasteiger charge is 2.44. The highest BCUT2D eigenvalue weighted by atomic mass is 16.7. The Morgan fingerprint density at radius 3 is 2.57 bits per heavy atom. The zero-order chi connectivity index (χ0) is 19.0. The molecule has 142 valence electrons. The van der Waals surface area contributed by atoms with Crippen molar-refractivity contribution in [1.82, 2.24) is 9.78 Å². The van der Waals surface area contributed by atoms with Crippen LogP contribution < -0.4 is 14.8 Å².